The van der Waals surface area contributed by atoms with Crippen LogP contribution in [0.4, 0.5) is 19.0 Å². The van der Waals surface area contributed by atoms with E-state index in [0.29, 0.717) is 39.7 Å². The summed E-state index contributed by atoms with van der Waals surface area (Å²) >= 11 is 0. The molecule has 2 aromatic heterocycles. The largest absolute Gasteiger partial charge is 0.493 e. The lowest BCUT2D eigenvalue weighted by Gasteiger charge is -2.19. The summed E-state index contributed by atoms with van der Waals surface area (Å²) in [4.78, 5) is 24.4. The molecule has 4 aromatic rings. The summed E-state index contributed by atoms with van der Waals surface area (Å²) in [6.45, 7) is 3.30. The van der Waals surface area contributed by atoms with E-state index in [1.165, 1.54) is 26.4 Å². The number of ether oxygens (including phenoxy) is 2. The quantitative estimate of drug-likeness (QED) is 0.334. The molecule has 2 heterocycles. The summed E-state index contributed by atoms with van der Waals surface area (Å²) in [7, 11) is 3.05. The van der Waals surface area contributed by atoms with Crippen LogP contribution in [0.25, 0.3) is 11.0 Å². The summed E-state index contributed by atoms with van der Waals surface area (Å²) in [6, 6.07) is 10.2. The fourth-order valence-corrected chi connectivity index (χ4v) is 4.13. The summed E-state index contributed by atoms with van der Waals surface area (Å²) in [6.07, 6.45) is -2.69. The standard InChI is InChI=1S/C26H25F3N4O3/c1-13(17-8-6-9-18(21(17)27)23(28)29)30-24-19-12-16(26(34)33-25(19)32-14(2)31-24)11-15-7-5-10-20(35-3)22(15)36-4/h5-10,12-13,23H,11H2,1-4H3,(H2,30,31,32,33,34). The van der Waals surface area contributed by atoms with Gasteiger partial charge >= 0.3 is 0 Å². The van der Waals surface area contributed by atoms with E-state index in [2.05, 4.69) is 20.3 Å². The number of anilines is 1. The first kappa shape index (κ1) is 25.0. The normalized spacial score (nSPS) is 12.1. The molecule has 0 spiro atoms. The predicted octanol–water partition coefficient (Wildman–Crippen LogP) is 5.48. The second-order valence-electron chi connectivity index (χ2n) is 8.25. The Morgan fingerprint density at radius 1 is 1.03 bits per heavy atom. The third-order valence-electron chi connectivity index (χ3n) is 5.88. The van der Waals surface area contributed by atoms with Crippen molar-refractivity contribution in [3.8, 4) is 11.5 Å². The minimum Gasteiger partial charge on any atom is -0.493 e. The molecule has 2 aromatic carbocycles. The van der Waals surface area contributed by atoms with Gasteiger partial charge in [-0.05, 0) is 26.0 Å². The summed E-state index contributed by atoms with van der Waals surface area (Å²) < 4.78 is 52.0. The van der Waals surface area contributed by atoms with E-state index >= 15 is 0 Å². The van der Waals surface area contributed by atoms with Crippen LogP contribution < -0.4 is 20.3 Å². The predicted molar refractivity (Wildman–Crippen MR) is 131 cm³/mol. The maximum Gasteiger partial charge on any atom is 0.266 e. The second kappa shape index (κ2) is 10.3. The zero-order valence-corrected chi connectivity index (χ0v) is 20.2. The topological polar surface area (TPSA) is 89.1 Å². The van der Waals surface area contributed by atoms with Crippen LogP contribution in [0.1, 0.15) is 47.5 Å². The third-order valence-corrected chi connectivity index (χ3v) is 5.88. The molecule has 7 nitrogen and oxygen atoms in total. The molecule has 1 unspecified atom stereocenters. The summed E-state index contributed by atoms with van der Waals surface area (Å²) in [5.74, 6) is 0.789. The number of H-pyrrole nitrogens is 1. The van der Waals surface area contributed by atoms with Crippen molar-refractivity contribution in [1.82, 2.24) is 15.0 Å². The van der Waals surface area contributed by atoms with E-state index < -0.39 is 23.8 Å². The monoisotopic (exact) mass is 498 g/mol. The van der Waals surface area contributed by atoms with Crippen LogP contribution in [0.15, 0.2) is 47.3 Å². The molecule has 0 saturated heterocycles. The number of hydrogen-bond acceptors (Lipinski definition) is 6. The number of fused-ring (bicyclic) bond motifs is 1. The summed E-state index contributed by atoms with van der Waals surface area (Å²) in [5.41, 5.74) is 0.531. The van der Waals surface area contributed by atoms with Crippen molar-refractivity contribution in [1.29, 1.82) is 0 Å². The van der Waals surface area contributed by atoms with Crippen LogP contribution >= 0.6 is 0 Å². The van der Waals surface area contributed by atoms with Crippen LogP contribution in [0.3, 0.4) is 0 Å². The third kappa shape index (κ3) is 4.84. The Bertz CT molecular complexity index is 1470. The Balaban J connectivity index is 1.76. The molecule has 4 rings (SSSR count). The van der Waals surface area contributed by atoms with Crippen molar-refractivity contribution >= 4 is 16.9 Å². The molecule has 36 heavy (non-hydrogen) atoms. The molecular weight excluding hydrogens is 473 g/mol. The van der Waals surface area contributed by atoms with Crippen molar-refractivity contribution in [2.75, 3.05) is 19.5 Å². The van der Waals surface area contributed by atoms with Gasteiger partial charge in [-0.15, -0.1) is 0 Å². The molecule has 0 radical (unpaired) electrons. The average Bonchev–Trinajstić information content (AvgIpc) is 2.84. The van der Waals surface area contributed by atoms with Gasteiger partial charge in [0.2, 0.25) is 0 Å². The van der Waals surface area contributed by atoms with E-state index in [1.807, 2.05) is 6.07 Å². The van der Waals surface area contributed by atoms with Crippen molar-refractivity contribution < 1.29 is 22.6 Å². The minimum atomic E-state index is -2.93. The second-order valence-corrected chi connectivity index (χ2v) is 8.25. The van der Waals surface area contributed by atoms with Gasteiger partial charge < -0.3 is 19.8 Å². The lowest BCUT2D eigenvalue weighted by Crippen LogP contribution is -2.16. The number of aromatic nitrogens is 3. The fraction of sp³-hybridized carbons (Fsp3) is 0.269. The number of benzene rings is 2. The van der Waals surface area contributed by atoms with Gasteiger partial charge in [0, 0.05) is 23.1 Å². The van der Waals surface area contributed by atoms with Gasteiger partial charge in [-0.1, -0.05) is 30.3 Å². The fourth-order valence-electron chi connectivity index (χ4n) is 4.13. The number of aromatic amines is 1. The lowest BCUT2D eigenvalue weighted by atomic mass is 10.0. The molecule has 2 N–H and O–H groups in total. The highest BCUT2D eigenvalue weighted by molar-refractivity contribution is 5.87. The van der Waals surface area contributed by atoms with Gasteiger partial charge in [0.15, 0.2) is 11.5 Å². The highest BCUT2D eigenvalue weighted by atomic mass is 19.3. The van der Waals surface area contributed by atoms with E-state index in [4.69, 9.17) is 9.47 Å². The molecule has 0 bridgehead atoms. The number of aryl methyl sites for hydroxylation is 1. The number of rotatable bonds is 8. The van der Waals surface area contributed by atoms with Crippen molar-refractivity contribution in [2.45, 2.75) is 32.7 Å². The van der Waals surface area contributed by atoms with Gasteiger partial charge in [-0.25, -0.2) is 23.1 Å². The molecular formula is C26H25F3N4O3. The van der Waals surface area contributed by atoms with E-state index in [1.54, 1.807) is 32.0 Å². The average molecular weight is 499 g/mol. The number of nitrogens with zero attached hydrogens (tertiary/aromatic N) is 2. The Labute approximate surface area is 205 Å². The molecule has 0 amide bonds. The highest BCUT2D eigenvalue weighted by Gasteiger charge is 2.21. The van der Waals surface area contributed by atoms with Crippen LogP contribution in [-0.4, -0.2) is 29.2 Å². The Kier molecular flexibility index (Phi) is 7.14. The number of pyridine rings is 1. The molecule has 10 heteroatoms. The molecule has 188 valence electrons. The number of nitrogens with one attached hydrogen (secondary N) is 2. The van der Waals surface area contributed by atoms with Gasteiger partial charge in [0.25, 0.3) is 12.0 Å². The van der Waals surface area contributed by atoms with E-state index in [0.717, 1.165) is 11.6 Å². The van der Waals surface area contributed by atoms with Crippen LogP contribution in [0.5, 0.6) is 11.5 Å². The number of methoxy groups -OCH3 is 2. The van der Waals surface area contributed by atoms with Gasteiger partial charge in [-0.3, -0.25) is 4.79 Å². The zero-order valence-electron chi connectivity index (χ0n) is 20.2. The number of hydrogen-bond donors (Lipinski definition) is 2. The lowest BCUT2D eigenvalue weighted by molar-refractivity contribution is 0.146. The molecule has 0 aliphatic heterocycles. The summed E-state index contributed by atoms with van der Waals surface area (Å²) in [5, 5.41) is 3.59. The number of alkyl halides is 2. The zero-order chi connectivity index (χ0) is 26.0. The van der Waals surface area contributed by atoms with Crippen molar-refractivity contribution in [3.63, 3.8) is 0 Å². The van der Waals surface area contributed by atoms with Gasteiger partial charge in [-0.2, -0.15) is 0 Å². The maximum atomic E-state index is 14.7. The van der Waals surface area contributed by atoms with Crippen LogP contribution in [0.2, 0.25) is 0 Å². The van der Waals surface area contributed by atoms with Crippen LogP contribution in [-0.2, 0) is 6.42 Å². The Morgan fingerprint density at radius 3 is 2.44 bits per heavy atom. The van der Waals surface area contributed by atoms with Crippen LogP contribution in [0, 0.1) is 12.7 Å². The number of para-hydroxylation sites is 1. The highest BCUT2D eigenvalue weighted by Crippen LogP contribution is 2.33. The SMILES string of the molecule is COc1cccc(Cc2cc3c(NC(C)c4cccc(C(F)F)c4F)nc(C)nc3[nH]c2=O)c1OC. The Hall–Kier alpha value is -4.08. The van der Waals surface area contributed by atoms with Gasteiger partial charge in [0.05, 0.1) is 31.2 Å². The molecule has 0 aliphatic carbocycles. The maximum absolute atomic E-state index is 14.7. The van der Waals surface area contributed by atoms with E-state index in [9.17, 15) is 18.0 Å². The molecule has 0 fully saturated rings. The van der Waals surface area contributed by atoms with Crippen molar-refractivity contribution in [3.05, 3.63) is 86.7 Å². The number of halogens is 3. The molecule has 0 aliphatic rings. The smallest absolute Gasteiger partial charge is 0.266 e. The first-order chi connectivity index (χ1) is 17.2. The van der Waals surface area contributed by atoms with Crippen molar-refractivity contribution in [2.24, 2.45) is 0 Å². The Morgan fingerprint density at radius 2 is 1.75 bits per heavy atom. The first-order valence-electron chi connectivity index (χ1n) is 11.2. The molecule has 1 atom stereocenters. The molecule has 0 saturated carbocycles. The van der Waals surface area contributed by atoms with Gasteiger partial charge in [0.1, 0.15) is 23.1 Å². The minimum absolute atomic E-state index is 0.0722. The first-order valence-corrected chi connectivity index (χ1v) is 11.2. The van der Waals surface area contributed by atoms with E-state index in [-0.39, 0.29) is 17.5 Å².